The van der Waals surface area contributed by atoms with Gasteiger partial charge in [0, 0.05) is 44.4 Å². The van der Waals surface area contributed by atoms with Crippen molar-refractivity contribution in [1.82, 2.24) is 4.57 Å². The molecule has 0 saturated heterocycles. The molecule has 0 aliphatic heterocycles. The highest BCUT2D eigenvalue weighted by Gasteiger charge is 2.20. The molecule has 11 rings (SSSR count). The third-order valence-electron chi connectivity index (χ3n) is 10.8. The maximum Gasteiger partial charge on any atom is 0.159 e. The van der Waals surface area contributed by atoms with Crippen LogP contribution in [0.4, 0.5) is 17.1 Å². The van der Waals surface area contributed by atoms with Gasteiger partial charge in [-0.2, -0.15) is 0 Å². The van der Waals surface area contributed by atoms with Gasteiger partial charge in [-0.25, -0.2) is 0 Å². The second kappa shape index (κ2) is 11.7. The lowest BCUT2D eigenvalue weighted by Gasteiger charge is -2.27. The first-order chi connectivity index (χ1) is 26.3. The topological polar surface area (TPSA) is 21.3 Å². The van der Waals surface area contributed by atoms with Crippen molar-refractivity contribution in [3.05, 3.63) is 194 Å². The number of fused-ring (bicyclic) bond motifs is 8. The van der Waals surface area contributed by atoms with E-state index in [2.05, 4.69) is 204 Å². The molecule has 0 aliphatic carbocycles. The van der Waals surface area contributed by atoms with Crippen LogP contribution in [0, 0.1) is 0 Å². The molecule has 3 heteroatoms. The molecule has 9 aromatic carbocycles. The van der Waals surface area contributed by atoms with Crippen LogP contribution in [0.25, 0.3) is 82.1 Å². The molecule has 11 aromatic rings. The Morgan fingerprint density at radius 3 is 1.72 bits per heavy atom. The molecule has 0 N–H and O–H groups in total. The first kappa shape index (κ1) is 29.6. The number of benzene rings is 9. The Kier molecular flexibility index (Phi) is 6.55. The van der Waals surface area contributed by atoms with E-state index in [1.54, 1.807) is 0 Å². The molecule has 0 saturated carbocycles. The minimum Gasteiger partial charge on any atom is -0.454 e. The maximum absolute atomic E-state index is 6.93. The van der Waals surface area contributed by atoms with Gasteiger partial charge in [0.25, 0.3) is 0 Å². The minimum absolute atomic E-state index is 0.850. The van der Waals surface area contributed by atoms with Crippen molar-refractivity contribution in [2.24, 2.45) is 0 Å². The number of hydrogen-bond donors (Lipinski definition) is 0. The van der Waals surface area contributed by atoms with Gasteiger partial charge in [0.15, 0.2) is 5.58 Å². The van der Waals surface area contributed by atoms with Crippen LogP contribution >= 0.6 is 0 Å². The van der Waals surface area contributed by atoms with Crippen molar-refractivity contribution in [2.75, 3.05) is 4.90 Å². The van der Waals surface area contributed by atoms with Gasteiger partial charge in [0.05, 0.1) is 22.4 Å². The molecule has 0 unspecified atom stereocenters. The van der Waals surface area contributed by atoms with E-state index in [4.69, 9.17) is 4.42 Å². The summed E-state index contributed by atoms with van der Waals surface area (Å²) < 4.78 is 9.27. The SMILES string of the molecule is c1ccc2c(-c3ccc(N(c4ccc5c(c4)oc4c(-n6c7ccccc7c7ccccc76)cccc45)c4cccc5ccccc45)cc3)cccc2c1. The van der Waals surface area contributed by atoms with Gasteiger partial charge in [0.2, 0.25) is 0 Å². The Balaban J connectivity index is 1.10. The average Bonchev–Trinajstić information content (AvgIpc) is 3.77. The van der Waals surface area contributed by atoms with Crippen LogP contribution in [0.2, 0.25) is 0 Å². The number of anilines is 3. The number of para-hydroxylation sites is 3. The van der Waals surface area contributed by atoms with Crippen molar-refractivity contribution >= 4 is 82.4 Å². The number of aromatic nitrogens is 1. The number of nitrogens with zero attached hydrogens (tertiary/aromatic N) is 2. The zero-order chi connectivity index (χ0) is 34.9. The van der Waals surface area contributed by atoms with Gasteiger partial charge in [-0.15, -0.1) is 0 Å². The number of furan rings is 1. The highest BCUT2D eigenvalue weighted by Crippen LogP contribution is 2.43. The first-order valence-electron chi connectivity index (χ1n) is 18.1. The second-order valence-electron chi connectivity index (χ2n) is 13.7. The molecule has 248 valence electrons. The summed E-state index contributed by atoms with van der Waals surface area (Å²) in [6.07, 6.45) is 0. The van der Waals surface area contributed by atoms with Gasteiger partial charge in [0.1, 0.15) is 5.58 Å². The number of rotatable bonds is 5. The Morgan fingerprint density at radius 1 is 0.396 bits per heavy atom. The fourth-order valence-corrected chi connectivity index (χ4v) is 8.37. The summed E-state index contributed by atoms with van der Waals surface area (Å²) in [5.74, 6) is 0. The van der Waals surface area contributed by atoms with Gasteiger partial charge >= 0.3 is 0 Å². The Labute approximate surface area is 306 Å². The molecule has 0 spiro atoms. The summed E-state index contributed by atoms with van der Waals surface area (Å²) in [4.78, 5) is 2.36. The zero-order valence-corrected chi connectivity index (χ0v) is 28.8. The standard InChI is InChI=1S/C50H32N2O/c1-3-16-38-33(12-1)14-9-20-39(38)35-26-28-36(29-27-35)51(45-24-10-15-34-13-2-4-17-40(34)45)37-30-31-43-44-21-11-25-48(50(44)53-49(43)32-37)52-46-22-7-5-18-41(46)42-19-6-8-23-47(42)52/h1-32H. The molecule has 0 amide bonds. The van der Waals surface area contributed by atoms with Gasteiger partial charge < -0.3 is 13.9 Å². The molecule has 2 aromatic heterocycles. The normalized spacial score (nSPS) is 11.8. The second-order valence-corrected chi connectivity index (χ2v) is 13.7. The van der Waals surface area contributed by atoms with E-state index in [1.807, 2.05) is 0 Å². The average molecular weight is 677 g/mol. The van der Waals surface area contributed by atoms with Crippen LogP contribution in [0.15, 0.2) is 199 Å². The molecular formula is C50H32N2O. The van der Waals surface area contributed by atoms with Crippen molar-refractivity contribution < 1.29 is 4.42 Å². The van der Waals surface area contributed by atoms with Gasteiger partial charge in [-0.05, 0) is 75.8 Å². The summed E-state index contributed by atoms with van der Waals surface area (Å²) in [5, 5.41) is 9.54. The largest absolute Gasteiger partial charge is 0.454 e. The van der Waals surface area contributed by atoms with Crippen molar-refractivity contribution in [1.29, 1.82) is 0 Å². The highest BCUT2D eigenvalue weighted by atomic mass is 16.3. The lowest BCUT2D eigenvalue weighted by Crippen LogP contribution is -2.10. The molecule has 0 radical (unpaired) electrons. The van der Waals surface area contributed by atoms with Crippen molar-refractivity contribution in [2.45, 2.75) is 0 Å². The predicted molar refractivity (Wildman–Crippen MR) is 223 cm³/mol. The molecule has 2 heterocycles. The van der Waals surface area contributed by atoms with E-state index in [1.165, 1.54) is 43.4 Å². The van der Waals surface area contributed by atoms with Crippen molar-refractivity contribution in [3.8, 4) is 16.8 Å². The lowest BCUT2D eigenvalue weighted by molar-refractivity contribution is 0.666. The quantitative estimate of drug-likeness (QED) is 0.181. The molecule has 0 aliphatic rings. The summed E-state index contributed by atoms with van der Waals surface area (Å²) in [6, 6.07) is 69.6. The predicted octanol–water partition coefficient (Wildman–Crippen LogP) is 14.1. The van der Waals surface area contributed by atoms with E-state index in [-0.39, 0.29) is 0 Å². The summed E-state index contributed by atoms with van der Waals surface area (Å²) in [6.45, 7) is 0. The highest BCUT2D eigenvalue weighted by molar-refractivity contribution is 6.13. The van der Waals surface area contributed by atoms with Crippen LogP contribution in [-0.2, 0) is 0 Å². The van der Waals surface area contributed by atoms with Crippen molar-refractivity contribution in [3.63, 3.8) is 0 Å². The fraction of sp³-hybridized carbons (Fsp3) is 0. The zero-order valence-electron chi connectivity index (χ0n) is 28.8. The van der Waals surface area contributed by atoms with E-state index in [0.717, 1.165) is 55.7 Å². The van der Waals surface area contributed by atoms with E-state index in [9.17, 15) is 0 Å². The minimum atomic E-state index is 0.850. The third kappa shape index (κ3) is 4.61. The third-order valence-corrected chi connectivity index (χ3v) is 10.8. The smallest absolute Gasteiger partial charge is 0.159 e. The molecular weight excluding hydrogens is 645 g/mol. The van der Waals surface area contributed by atoms with E-state index in [0.29, 0.717) is 0 Å². The summed E-state index contributed by atoms with van der Waals surface area (Å²) >= 11 is 0. The van der Waals surface area contributed by atoms with Crippen LogP contribution < -0.4 is 4.90 Å². The lowest BCUT2D eigenvalue weighted by atomic mass is 9.98. The summed E-state index contributed by atoms with van der Waals surface area (Å²) in [5.41, 5.74) is 10.7. The van der Waals surface area contributed by atoms with Gasteiger partial charge in [-0.3, -0.25) is 0 Å². The monoisotopic (exact) mass is 676 g/mol. The Morgan fingerprint density at radius 2 is 0.962 bits per heavy atom. The van der Waals surface area contributed by atoms with E-state index < -0.39 is 0 Å². The van der Waals surface area contributed by atoms with Crippen LogP contribution in [0.1, 0.15) is 0 Å². The van der Waals surface area contributed by atoms with Crippen LogP contribution in [0.3, 0.4) is 0 Å². The molecule has 3 nitrogen and oxygen atoms in total. The van der Waals surface area contributed by atoms with E-state index >= 15 is 0 Å². The molecule has 0 atom stereocenters. The number of hydrogen-bond acceptors (Lipinski definition) is 2. The molecule has 0 bridgehead atoms. The molecule has 53 heavy (non-hydrogen) atoms. The Hall–Kier alpha value is -7.10. The molecule has 0 fully saturated rings. The first-order valence-corrected chi connectivity index (χ1v) is 18.1. The summed E-state index contributed by atoms with van der Waals surface area (Å²) in [7, 11) is 0. The fourth-order valence-electron chi connectivity index (χ4n) is 8.37. The van der Waals surface area contributed by atoms with Crippen LogP contribution in [-0.4, -0.2) is 4.57 Å². The van der Waals surface area contributed by atoms with Crippen LogP contribution in [0.5, 0.6) is 0 Å². The maximum atomic E-state index is 6.93. The Bertz CT molecular complexity index is 3120. The van der Waals surface area contributed by atoms with Gasteiger partial charge in [-0.1, -0.05) is 140 Å².